The topological polar surface area (TPSA) is 67.4 Å². The number of benzene rings is 2. The Labute approximate surface area is 136 Å². The molecule has 0 bridgehead atoms. The highest BCUT2D eigenvalue weighted by Crippen LogP contribution is 2.35. The van der Waals surface area contributed by atoms with E-state index in [4.69, 9.17) is 16.3 Å². The molecule has 1 aliphatic rings. The zero-order valence-electron chi connectivity index (χ0n) is 12.0. The van der Waals surface area contributed by atoms with Crippen molar-refractivity contribution in [2.45, 2.75) is 13.0 Å². The number of rotatable bonds is 2. The summed E-state index contributed by atoms with van der Waals surface area (Å²) in [7, 11) is 0. The largest absolute Gasteiger partial charge is 0.479 e. The van der Waals surface area contributed by atoms with Crippen LogP contribution in [0.1, 0.15) is 17.3 Å². The standard InChI is InChI=1S/C16H12ClFN2O3/c1-8-15(21)20-13-7-12(17)11(6-14(13)23-8)16(22)19-10-4-2-9(18)3-5-10/h2-8H,1H3,(H,19,22)(H,20,21). The van der Waals surface area contributed by atoms with Gasteiger partial charge in [0.15, 0.2) is 6.10 Å². The lowest BCUT2D eigenvalue weighted by Gasteiger charge is -2.24. The minimum absolute atomic E-state index is 0.168. The van der Waals surface area contributed by atoms with Crippen molar-refractivity contribution in [2.24, 2.45) is 0 Å². The molecule has 2 aromatic rings. The van der Waals surface area contributed by atoms with E-state index in [-0.39, 0.29) is 16.5 Å². The number of anilines is 2. The van der Waals surface area contributed by atoms with Gasteiger partial charge in [-0.1, -0.05) is 11.6 Å². The summed E-state index contributed by atoms with van der Waals surface area (Å²) in [4.78, 5) is 23.9. The number of nitrogens with one attached hydrogen (secondary N) is 2. The summed E-state index contributed by atoms with van der Waals surface area (Å²) in [6.07, 6.45) is -0.656. The third-order valence-electron chi connectivity index (χ3n) is 3.35. The first-order chi connectivity index (χ1) is 10.9. The van der Waals surface area contributed by atoms with Crippen LogP contribution in [0.5, 0.6) is 5.75 Å². The average Bonchev–Trinajstić information content (AvgIpc) is 2.50. The first-order valence-electron chi connectivity index (χ1n) is 6.82. The van der Waals surface area contributed by atoms with Crippen molar-refractivity contribution >= 4 is 34.8 Å². The number of halogens is 2. The molecular weight excluding hydrogens is 323 g/mol. The van der Waals surface area contributed by atoms with Crippen molar-refractivity contribution in [2.75, 3.05) is 10.6 Å². The second-order valence-electron chi connectivity index (χ2n) is 5.04. The molecule has 0 aromatic heterocycles. The Hall–Kier alpha value is -2.60. The van der Waals surface area contributed by atoms with E-state index in [1.807, 2.05) is 0 Å². The molecule has 23 heavy (non-hydrogen) atoms. The van der Waals surface area contributed by atoms with Gasteiger partial charge in [-0.05, 0) is 43.3 Å². The van der Waals surface area contributed by atoms with E-state index in [9.17, 15) is 14.0 Å². The Morgan fingerprint density at radius 3 is 2.70 bits per heavy atom. The maximum atomic E-state index is 12.9. The third kappa shape index (κ3) is 3.12. The van der Waals surface area contributed by atoms with Crippen LogP contribution in [0, 0.1) is 5.82 Å². The van der Waals surface area contributed by atoms with Crippen molar-refractivity contribution in [1.82, 2.24) is 0 Å². The molecule has 0 fully saturated rings. The number of hydrogen-bond acceptors (Lipinski definition) is 3. The number of ether oxygens (including phenoxy) is 1. The number of amides is 2. The first kappa shape index (κ1) is 15.3. The smallest absolute Gasteiger partial charge is 0.265 e. The van der Waals surface area contributed by atoms with Crippen molar-refractivity contribution in [3.8, 4) is 5.75 Å². The first-order valence-corrected chi connectivity index (χ1v) is 7.20. The van der Waals surface area contributed by atoms with Crippen LogP contribution in [-0.4, -0.2) is 17.9 Å². The van der Waals surface area contributed by atoms with Crippen molar-refractivity contribution in [3.05, 3.63) is 52.8 Å². The molecule has 0 saturated heterocycles. The lowest BCUT2D eigenvalue weighted by Crippen LogP contribution is -2.34. The quantitative estimate of drug-likeness (QED) is 0.884. The average molecular weight is 335 g/mol. The molecule has 7 heteroatoms. The fourth-order valence-corrected chi connectivity index (χ4v) is 2.38. The van der Waals surface area contributed by atoms with E-state index in [0.717, 1.165) is 0 Å². The molecule has 0 aliphatic carbocycles. The maximum absolute atomic E-state index is 12.9. The molecule has 2 N–H and O–H groups in total. The van der Waals surface area contributed by atoms with E-state index in [0.29, 0.717) is 17.1 Å². The van der Waals surface area contributed by atoms with E-state index in [1.165, 1.54) is 36.4 Å². The van der Waals surface area contributed by atoms with Gasteiger partial charge in [-0.3, -0.25) is 9.59 Å². The van der Waals surface area contributed by atoms with Gasteiger partial charge in [-0.2, -0.15) is 0 Å². The zero-order chi connectivity index (χ0) is 16.6. The molecule has 0 spiro atoms. The molecule has 1 unspecified atom stereocenters. The summed E-state index contributed by atoms with van der Waals surface area (Å²) in [5.74, 6) is -0.770. The van der Waals surface area contributed by atoms with Crippen LogP contribution in [0.4, 0.5) is 15.8 Å². The summed E-state index contributed by atoms with van der Waals surface area (Å²) < 4.78 is 18.3. The van der Waals surface area contributed by atoms with E-state index in [1.54, 1.807) is 6.92 Å². The van der Waals surface area contributed by atoms with Crippen LogP contribution in [-0.2, 0) is 4.79 Å². The Bertz CT molecular complexity index is 793. The normalized spacial score (nSPS) is 16.1. The Morgan fingerprint density at radius 2 is 2.00 bits per heavy atom. The minimum Gasteiger partial charge on any atom is -0.479 e. The number of carbonyl (C=O) groups is 2. The predicted molar refractivity (Wildman–Crippen MR) is 84.5 cm³/mol. The van der Waals surface area contributed by atoms with Gasteiger partial charge in [-0.25, -0.2) is 4.39 Å². The molecule has 0 saturated carbocycles. The fraction of sp³-hybridized carbons (Fsp3) is 0.125. The van der Waals surface area contributed by atoms with Crippen LogP contribution in [0.2, 0.25) is 5.02 Å². The molecule has 2 amide bonds. The van der Waals surface area contributed by atoms with Gasteiger partial charge in [0.1, 0.15) is 11.6 Å². The Morgan fingerprint density at radius 1 is 1.30 bits per heavy atom. The predicted octanol–water partition coefficient (Wildman–Crippen LogP) is 3.45. The van der Waals surface area contributed by atoms with E-state index >= 15 is 0 Å². The lowest BCUT2D eigenvalue weighted by atomic mass is 10.1. The number of carbonyl (C=O) groups excluding carboxylic acids is 2. The highest BCUT2D eigenvalue weighted by atomic mass is 35.5. The van der Waals surface area contributed by atoms with Gasteiger partial charge in [0.25, 0.3) is 11.8 Å². The van der Waals surface area contributed by atoms with Gasteiger partial charge >= 0.3 is 0 Å². The van der Waals surface area contributed by atoms with Crippen molar-refractivity contribution in [1.29, 1.82) is 0 Å². The molecule has 1 aliphatic heterocycles. The molecule has 0 radical (unpaired) electrons. The van der Waals surface area contributed by atoms with Crippen molar-refractivity contribution < 1.29 is 18.7 Å². The van der Waals surface area contributed by atoms with Crippen LogP contribution in [0.25, 0.3) is 0 Å². The molecular formula is C16H12ClFN2O3. The van der Waals surface area contributed by atoms with Crippen molar-refractivity contribution in [3.63, 3.8) is 0 Å². The Kier molecular flexibility index (Phi) is 3.92. The second kappa shape index (κ2) is 5.89. The highest BCUT2D eigenvalue weighted by molar-refractivity contribution is 6.35. The highest BCUT2D eigenvalue weighted by Gasteiger charge is 2.26. The summed E-state index contributed by atoms with van der Waals surface area (Å²) in [5.41, 5.74) is 1.04. The number of hydrogen-bond donors (Lipinski definition) is 2. The maximum Gasteiger partial charge on any atom is 0.265 e. The zero-order valence-corrected chi connectivity index (χ0v) is 12.8. The van der Waals surface area contributed by atoms with Gasteiger partial charge < -0.3 is 15.4 Å². The molecule has 3 rings (SSSR count). The molecule has 118 valence electrons. The van der Waals surface area contributed by atoms with Crippen LogP contribution < -0.4 is 15.4 Å². The monoisotopic (exact) mass is 334 g/mol. The van der Waals surface area contributed by atoms with Gasteiger partial charge in [0, 0.05) is 5.69 Å². The molecule has 1 heterocycles. The summed E-state index contributed by atoms with van der Waals surface area (Å²) in [5, 5.41) is 5.44. The summed E-state index contributed by atoms with van der Waals surface area (Å²) in [6.45, 7) is 1.60. The lowest BCUT2D eigenvalue weighted by molar-refractivity contribution is -0.122. The van der Waals surface area contributed by atoms with Gasteiger partial charge in [-0.15, -0.1) is 0 Å². The molecule has 1 atom stereocenters. The van der Waals surface area contributed by atoms with Crippen LogP contribution in [0.15, 0.2) is 36.4 Å². The summed E-state index contributed by atoms with van der Waals surface area (Å²) in [6, 6.07) is 8.29. The molecule has 5 nitrogen and oxygen atoms in total. The van der Waals surface area contributed by atoms with Crippen LogP contribution in [0.3, 0.4) is 0 Å². The molecule has 2 aromatic carbocycles. The minimum atomic E-state index is -0.656. The van der Waals surface area contributed by atoms with Gasteiger partial charge in [0.2, 0.25) is 0 Å². The second-order valence-corrected chi connectivity index (χ2v) is 5.45. The SMILES string of the molecule is CC1Oc2cc(C(=O)Nc3ccc(F)cc3)c(Cl)cc2NC1=O. The summed E-state index contributed by atoms with van der Waals surface area (Å²) >= 11 is 6.10. The van der Waals surface area contributed by atoms with Gasteiger partial charge in [0.05, 0.1) is 16.3 Å². The third-order valence-corrected chi connectivity index (χ3v) is 3.66. The number of fused-ring (bicyclic) bond motifs is 1. The fourth-order valence-electron chi connectivity index (χ4n) is 2.13. The van der Waals surface area contributed by atoms with E-state index < -0.39 is 17.8 Å². The van der Waals surface area contributed by atoms with E-state index in [2.05, 4.69) is 10.6 Å². The Balaban J connectivity index is 1.88. The van der Waals surface area contributed by atoms with Crippen LogP contribution >= 0.6 is 11.6 Å².